The number of benzene rings is 1. The van der Waals surface area contributed by atoms with Gasteiger partial charge < -0.3 is 20.1 Å². The molecule has 1 atom stereocenters. The van der Waals surface area contributed by atoms with E-state index in [1.165, 1.54) is 0 Å². The molecular formula is C19H26N2O5. The van der Waals surface area contributed by atoms with Crippen LogP contribution in [0.1, 0.15) is 43.0 Å². The first-order valence-electron chi connectivity index (χ1n) is 9.03. The van der Waals surface area contributed by atoms with Crippen LogP contribution in [-0.4, -0.2) is 54.0 Å². The monoisotopic (exact) mass is 362 g/mol. The molecule has 1 heterocycles. The maximum absolute atomic E-state index is 12.3. The second-order valence-electron chi connectivity index (χ2n) is 6.31. The summed E-state index contributed by atoms with van der Waals surface area (Å²) < 4.78 is 5.44. The average molecular weight is 362 g/mol. The molecule has 1 saturated heterocycles. The Bertz CT molecular complexity index is 647. The van der Waals surface area contributed by atoms with Gasteiger partial charge in [0.25, 0.3) is 5.91 Å². The van der Waals surface area contributed by atoms with Gasteiger partial charge in [0.1, 0.15) is 5.75 Å². The molecule has 0 saturated carbocycles. The molecule has 2 amide bonds. The summed E-state index contributed by atoms with van der Waals surface area (Å²) in [7, 11) is 0. The van der Waals surface area contributed by atoms with E-state index < -0.39 is 11.9 Å². The summed E-state index contributed by atoms with van der Waals surface area (Å²) in [4.78, 5) is 37.2. The molecule has 1 aromatic carbocycles. The van der Waals surface area contributed by atoms with Gasteiger partial charge >= 0.3 is 5.97 Å². The summed E-state index contributed by atoms with van der Waals surface area (Å²) in [6.45, 7) is 3.60. The summed E-state index contributed by atoms with van der Waals surface area (Å²) in [6, 6.07) is 7.03. The van der Waals surface area contributed by atoms with E-state index in [0.717, 1.165) is 0 Å². The van der Waals surface area contributed by atoms with E-state index in [2.05, 4.69) is 5.32 Å². The van der Waals surface area contributed by atoms with Crippen molar-refractivity contribution >= 4 is 17.8 Å². The zero-order valence-electron chi connectivity index (χ0n) is 15.1. The van der Waals surface area contributed by atoms with Crippen molar-refractivity contribution in [3.63, 3.8) is 0 Å². The summed E-state index contributed by atoms with van der Waals surface area (Å²) in [5, 5.41) is 11.9. The molecule has 0 unspecified atom stereocenters. The van der Waals surface area contributed by atoms with Crippen molar-refractivity contribution in [2.45, 2.75) is 32.6 Å². The van der Waals surface area contributed by atoms with Gasteiger partial charge in [-0.3, -0.25) is 14.4 Å². The van der Waals surface area contributed by atoms with Gasteiger partial charge in [-0.25, -0.2) is 0 Å². The van der Waals surface area contributed by atoms with Crippen LogP contribution in [0, 0.1) is 5.92 Å². The molecule has 0 aliphatic carbocycles. The van der Waals surface area contributed by atoms with Crippen LogP contribution in [0.4, 0.5) is 0 Å². The summed E-state index contributed by atoms with van der Waals surface area (Å²) in [5.74, 6) is -1.06. The van der Waals surface area contributed by atoms with Crippen LogP contribution in [0.3, 0.4) is 0 Å². The fourth-order valence-electron chi connectivity index (χ4n) is 3.04. The number of carbonyl (C=O) groups excluding carboxylic acids is 2. The summed E-state index contributed by atoms with van der Waals surface area (Å²) in [6.07, 6.45) is 2.14. The molecule has 2 N–H and O–H groups in total. The molecule has 0 radical (unpaired) electrons. The Hall–Kier alpha value is -2.57. The standard InChI is InChI=1S/C19H26N2O5/c1-2-26-16-9-4-3-8-15(16)18(23)20-11-5-10-17(22)21-12-6-7-14(13-21)19(24)25/h3-4,8-9,14H,2,5-7,10-13H2,1H3,(H,20,23)(H,24,25)/t14-/m0/s1. The lowest BCUT2D eigenvalue weighted by Gasteiger charge is -2.30. The Morgan fingerprint density at radius 3 is 2.81 bits per heavy atom. The molecule has 7 heteroatoms. The first-order valence-corrected chi connectivity index (χ1v) is 9.03. The van der Waals surface area contributed by atoms with Crippen molar-refractivity contribution in [3.8, 4) is 5.75 Å². The Labute approximate surface area is 153 Å². The van der Waals surface area contributed by atoms with E-state index in [-0.39, 0.29) is 18.4 Å². The highest BCUT2D eigenvalue weighted by Gasteiger charge is 2.27. The summed E-state index contributed by atoms with van der Waals surface area (Å²) in [5.41, 5.74) is 0.473. The first kappa shape index (κ1) is 19.8. The number of hydrogen-bond acceptors (Lipinski definition) is 4. The fourth-order valence-corrected chi connectivity index (χ4v) is 3.04. The van der Waals surface area contributed by atoms with Crippen molar-refractivity contribution in [2.24, 2.45) is 5.92 Å². The average Bonchev–Trinajstić information content (AvgIpc) is 2.65. The number of hydrogen-bond donors (Lipinski definition) is 2. The highest BCUT2D eigenvalue weighted by atomic mass is 16.5. The number of rotatable bonds is 8. The largest absolute Gasteiger partial charge is 0.493 e. The molecule has 1 aromatic rings. The van der Waals surface area contributed by atoms with Crippen molar-refractivity contribution in [1.82, 2.24) is 10.2 Å². The lowest BCUT2D eigenvalue weighted by atomic mass is 9.98. The number of aliphatic carboxylic acids is 1. The molecule has 0 spiro atoms. The third kappa shape index (κ3) is 5.47. The smallest absolute Gasteiger partial charge is 0.308 e. The number of para-hydroxylation sites is 1. The van der Waals surface area contributed by atoms with Gasteiger partial charge in [0.15, 0.2) is 0 Å². The number of piperidine rings is 1. The minimum absolute atomic E-state index is 0.0556. The molecule has 1 aliphatic rings. The quantitative estimate of drug-likeness (QED) is 0.689. The van der Waals surface area contributed by atoms with Crippen molar-refractivity contribution in [3.05, 3.63) is 29.8 Å². The zero-order valence-corrected chi connectivity index (χ0v) is 15.1. The maximum Gasteiger partial charge on any atom is 0.308 e. The SMILES string of the molecule is CCOc1ccccc1C(=O)NCCCC(=O)N1CCC[C@H](C(=O)O)C1. The van der Waals surface area contributed by atoms with Crippen LogP contribution in [0.15, 0.2) is 24.3 Å². The molecule has 142 valence electrons. The molecule has 1 aliphatic heterocycles. The van der Waals surface area contributed by atoms with Gasteiger partial charge in [0.05, 0.1) is 18.1 Å². The van der Waals surface area contributed by atoms with Gasteiger partial charge in [-0.15, -0.1) is 0 Å². The fraction of sp³-hybridized carbons (Fsp3) is 0.526. The number of carbonyl (C=O) groups is 3. The zero-order chi connectivity index (χ0) is 18.9. The third-order valence-electron chi connectivity index (χ3n) is 4.41. The predicted molar refractivity (Wildman–Crippen MR) is 96.1 cm³/mol. The van der Waals surface area contributed by atoms with Crippen LogP contribution >= 0.6 is 0 Å². The van der Waals surface area contributed by atoms with E-state index in [9.17, 15) is 14.4 Å². The number of nitrogens with one attached hydrogen (secondary N) is 1. The molecule has 0 bridgehead atoms. The van der Waals surface area contributed by atoms with Gasteiger partial charge in [0, 0.05) is 26.1 Å². The number of carboxylic acids is 1. The third-order valence-corrected chi connectivity index (χ3v) is 4.41. The van der Waals surface area contributed by atoms with Crippen molar-refractivity contribution < 1.29 is 24.2 Å². The van der Waals surface area contributed by atoms with Crippen LogP contribution < -0.4 is 10.1 Å². The minimum Gasteiger partial charge on any atom is -0.493 e. The molecule has 26 heavy (non-hydrogen) atoms. The normalized spacial score (nSPS) is 16.8. The Morgan fingerprint density at radius 1 is 1.31 bits per heavy atom. The van der Waals surface area contributed by atoms with Gasteiger partial charge in [-0.05, 0) is 38.3 Å². The van der Waals surface area contributed by atoms with Crippen LogP contribution in [0.2, 0.25) is 0 Å². The Morgan fingerprint density at radius 2 is 2.08 bits per heavy atom. The maximum atomic E-state index is 12.3. The lowest BCUT2D eigenvalue weighted by Crippen LogP contribution is -2.42. The topological polar surface area (TPSA) is 95.9 Å². The number of carboxylic acid groups (broad SMARTS) is 1. The van der Waals surface area contributed by atoms with Crippen LogP contribution in [-0.2, 0) is 9.59 Å². The van der Waals surface area contributed by atoms with Crippen LogP contribution in [0.5, 0.6) is 5.75 Å². The number of ether oxygens (including phenoxy) is 1. The van der Waals surface area contributed by atoms with E-state index in [4.69, 9.17) is 9.84 Å². The molecule has 1 fully saturated rings. The number of amides is 2. The van der Waals surface area contributed by atoms with E-state index >= 15 is 0 Å². The second-order valence-corrected chi connectivity index (χ2v) is 6.31. The van der Waals surface area contributed by atoms with E-state index in [0.29, 0.717) is 56.7 Å². The highest BCUT2D eigenvalue weighted by Crippen LogP contribution is 2.18. The molecular weight excluding hydrogens is 336 g/mol. The summed E-state index contributed by atoms with van der Waals surface area (Å²) >= 11 is 0. The van der Waals surface area contributed by atoms with E-state index in [1.54, 1.807) is 23.1 Å². The molecule has 0 aromatic heterocycles. The molecule has 7 nitrogen and oxygen atoms in total. The number of nitrogens with zero attached hydrogens (tertiary/aromatic N) is 1. The van der Waals surface area contributed by atoms with Crippen LogP contribution in [0.25, 0.3) is 0 Å². The predicted octanol–water partition coefficient (Wildman–Crippen LogP) is 1.92. The Kier molecular flexibility index (Phi) is 7.44. The first-order chi connectivity index (χ1) is 12.5. The lowest BCUT2D eigenvalue weighted by molar-refractivity contribution is -0.145. The van der Waals surface area contributed by atoms with Gasteiger partial charge in [0.2, 0.25) is 5.91 Å². The number of likely N-dealkylation sites (tertiary alicyclic amines) is 1. The van der Waals surface area contributed by atoms with Crippen molar-refractivity contribution in [2.75, 3.05) is 26.2 Å². The molecule has 2 rings (SSSR count). The van der Waals surface area contributed by atoms with E-state index in [1.807, 2.05) is 13.0 Å². The second kappa shape index (κ2) is 9.79. The highest BCUT2D eigenvalue weighted by molar-refractivity contribution is 5.96. The minimum atomic E-state index is -0.845. The van der Waals surface area contributed by atoms with Crippen molar-refractivity contribution in [1.29, 1.82) is 0 Å². The Balaban J connectivity index is 1.75. The van der Waals surface area contributed by atoms with Gasteiger partial charge in [-0.1, -0.05) is 12.1 Å². The van der Waals surface area contributed by atoms with Gasteiger partial charge in [-0.2, -0.15) is 0 Å².